The molecule has 1 rings (SSSR count). The van der Waals surface area contributed by atoms with Crippen molar-refractivity contribution in [3.63, 3.8) is 0 Å². The second kappa shape index (κ2) is 6.12. The largest absolute Gasteiger partial charge is 0.494 e. The fourth-order valence-electron chi connectivity index (χ4n) is 1.40. The Labute approximate surface area is 95.8 Å². The van der Waals surface area contributed by atoms with Crippen molar-refractivity contribution in [1.82, 2.24) is 5.32 Å². The Hall–Kier alpha value is -1.55. The normalized spacial score (nSPS) is 11.9. The van der Waals surface area contributed by atoms with Gasteiger partial charge in [-0.2, -0.15) is 0 Å². The molecule has 1 amide bonds. The first-order valence-electron chi connectivity index (χ1n) is 5.36. The Morgan fingerprint density at radius 2 is 2.06 bits per heavy atom. The maximum atomic E-state index is 11.1. The van der Waals surface area contributed by atoms with Gasteiger partial charge in [0.15, 0.2) is 0 Å². The molecular weight excluding hydrogens is 204 g/mol. The van der Waals surface area contributed by atoms with E-state index in [1.54, 1.807) is 7.05 Å². The van der Waals surface area contributed by atoms with Gasteiger partial charge in [-0.25, -0.2) is 0 Å². The smallest absolute Gasteiger partial charge is 0.221 e. The summed E-state index contributed by atoms with van der Waals surface area (Å²) in [5.74, 6) is 0.764. The van der Waals surface area contributed by atoms with Gasteiger partial charge < -0.3 is 15.8 Å². The molecule has 0 heterocycles. The molecule has 0 aliphatic heterocycles. The highest BCUT2D eigenvalue weighted by Crippen LogP contribution is 2.18. The Kier molecular flexibility index (Phi) is 4.79. The lowest BCUT2D eigenvalue weighted by atomic mass is 10.0. The van der Waals surface area contributed by atoms with Crippen molar-refractivity contribution >= 4 is 5.91 Å². The van der Waals surface area contributed by atoms with Crippen LogP contribution < -0.4 is 15.8 Å². The maximum absolute atomic E-state index is 11.1. The Balaban J connectivity index is 2.62. The predicted molar refractivity (Wildman–Crippen MR) is 63.2 cm³/mol. The van der Waals surface area contributed by atoms with Crippen LogP contribution in [0.3, 0.4) is 0 Å². The molecule has 0 fully saturated rings. The summed E-state index contributed by atoms with van der Waals surface area (Å²) in [4.78, 5) is 11.1. The average Bonchev–Trinajstić information content (AvgIpc) is 2.30. The lowest BCUT2D eigenvalue weighted by molar-refractivity contribution is -0.120. The van der Waals surface area contributed by atoms with Gasteiger partial charge in [-0.1, -0.05) is 12.1 Å². The molecule has 0 aliphatic rings. The van der Waals surface area contributed by atoms with E-state index >= 15 is 0 Å². The van der Waals surface area contributed by atoms with Gasteiger partial charge in [0.05, 0.1) is 6.61 Å². The Morgan fingerprint density at radius 3 is 2.56 bits per heavy atom. The highest BCUT2D eigenvalue weighted by atomic mass is 16.5. The van der Waals surface area contributed by atoms with Crippen molar-refractivity contribution < 1.29 is 9.53 Å². The third-order valence-corrected chi connectivity index (χ3v) is 2.30. The number of hydrogen-bond acceptors (Lipinski definition) is 3. The van der Waals surface area contributed by atoms with Gasteiger partial charge in [0.2, 0.25) is 5.91 Å². The first kappa shape index (κ1) is 12.5. The summed E-state index contributed by atoms with van der Waals surface area (Å²) >= 11 is 0. The first-order valence-corrected chi connectivity index (χ1v) is 5.36. The molecule has 0 saturated carbocycles. The van der Waals surface area contributed by atoms with E-state index in [9.17, 15) is 4.79 Å². The summed E-state index contributed by atoms with van der Waals surface area (Å²) in [6.45, 7) is 2.58. The molecule has 0 spiro atoms. The molecule has 16 heavy (non-hydrogen) atoms. The van der Waals surface area contributed by atoms with Crippen molar-refractivity contribution in [3.8, 4) is 5.75 Å². The van der Waals surface area contributed by atoms with Crippen molar-refractivity contribution in [1.29, 1.82) is 0 Å². The number of hydrogen-bond donors (Lipinski definition) is 2. The number of rotatable bonds is 5. The molecule has 0 radical (unpaired) electrons. The van der Waals surface area contributed by atoms with E-state index in [-0.39, 0.29) is 11.9 Å². The zero-order valence-electron chi connectivity index (χ0n) is 9.69. The van der Waals surface area contributed by atoms with E-state index in [1.165, 1.54) is 0 Å². The van der Waals surface area contributed by atoms with Crippen LogP contribution in [0.5, 0.6) is 5.75 Å². The van der Waals surface area contributed by atoms with Crippen LogP contribution in [-0.2, 0) is 4.79 Å². The van der Waals surface area contributed by atoms with Gasteiger partial charge in [-0.05, 0) is 24.6 Å². The van der Waals surface area contributed by atoms with E-state index < -0.39 is 0 Å². The molecule has 1 atom stereocenters. The third kappa shape index (κ3) is 3.55. The number of benzene rings is 1. The van der Waals surface area contributed by atoms with Crippen molar-refractivity contribution in [2.45, 2.75) is 19.4 Å². The predicted octanol–water partition coefficient (Wildman–Crippen LogP) is 1.22. The van der Waals surface area contributed by atoms with E-state index in [4.69, 9.17) is 10.5 Å². The van der Waals surface area contributed by atoms with Gasteiger partial charge in [-0.3, -0.25) is 4.79 Å². The monoisotopic (exact) mass is 222 g/mol. The van der Waals surface area contributed by atoms with Crippen LogP contribution in [-0.4, -0.2) is 19.6 Å². The minimum Gasteiger partial charge on any atom is -0.494 e. The second-order valence-electron chi connectivity index (χ2n) is 3.49. The molecule has 1 aromatic rings. The van der Waals surface area contributed by atoms with E-state index in [0.717, 1.165) is 11.3 Å². The molecule has 0 aromatic heterocycles. The average molecular weight is 222 g/mol. The number of carbonyl (C=O) groups excluding carboxylic acids is 1. The molecule has 88 valence electrons. The Bertz CT molecular complexity index is 335. The summed E-state index contributed by atoms with van der Waals surface area (Å²) in [6.07, 6.45) is 0.296. The van der Waals surface area contributed by atoms with Crippen LogP contribution in [0.25, 0.3) is 0 Å². The summed E-state index contributed by atoms with van der Waals surface area (Å²) in [6, 6.07) is 7.23. The molecule has 4 nitrogen and oxygen atoms in total. The van der Waals surface area contributed by atoms with Crippen LogP contribution in [0.4, 0.5) is 0 Å². The second-order valence-corrected chi connectivity index (χ2v) is 3.49. The lowest BCUT2D eigenvalue weighted by Crippen LogP contribution is -2.24. The van der Waals surface area contributed by atoms with Gasteiger partial charge >= 0.3 is 0 Å². The van der Waals surface area contributed by atoms with Crippen molar-refractivity contribution in [2.24, 2.45) is 5.73 Å². The van der Waals surface area contributed by atoms with Crippen LogP contribution in [0.2, 0.25) is 0 Å². The van der Waals surface area contributed by atoms with Crippen molar-refractivity contribution in [3.05, 3.63) is 29.8 Å². The zero-order chi connectivity index (χ0) is 12.0. The minimum absolute atomic E-state index is 0.0543. The number of nitrogens with two attached hydrogens (primary N) is 1. The van der Waals surface area contributed by atoms with E-state index in [0.29, 0.717) is 13.0 Å². The first-order chi connectivity index (χ1) is 7.67. The van der Waals surface area contributed by atoms with E-state index in [1.807, 2.05) is 31.2 Å². The van der Waals surface area contributed by atoms with Crippen LogP contribution in [0.1, 0.15) is 24.9 Å². The summed E-state index contributed by atoms with van der Waals surface area (Å²) in [5, 5.41) is 2.55. The molecule has 0 saturated heterocycles. The lowest BCUT2D eigenvalue weighted by Gasteiger charge is -2.11. The zero-order valence-corrected chi connectivity index (χ0v) is 9.69. The number of ether oxygens (including phenoxy) is 1. The molecule has 0 aliphatic carbocycles. The topological polar surface area (TPSA) is 64.3 Å². The van der Waals surface area contributed by atoms with Crippen LogP contribution in [0, 0.1) is 0 Å². The van der Waals surface area contributed by atoms with Gasteiger partial charge in [0.25, 0.3) is 0 Å². The SMILES string of the molecule is CCOc1ccc(C(N)CC(=O)NC)cc1. The fourth-order valence-corrected chi connectivity index (χ4v) is 1.40. The summed E-state index contributed by atoms with van der Waals surface area (Å²) in [7, 11) is 1.60. The Morgan fingerprint density at radius 1 is 1.44 bits per heavy atom. The third-order valence-electron chi connectivity index (χ3n) is 2.30. The van der Waals surface area contributed by atoms with Crippen molar-refractivity contribution in [2.75, 3.05) is 13.7 Å². The fraction of sp³-hybridized carbons (Fsp3) is 0.417. The highest BCUT2D eigenvalue weighted by Gasteiger charge is 2.10. The molecular formula is C12H18N2O2. The summed E-state index contributed by atoms with van der Waals surface area (Å²) < 4.78 is 5.32. The molecule has 3 N–H and O–H groups in total. The number of carbonyl (C=O) groups is 1. The highest BCUT2D eigenvalue weighted by molar-refractivity contribution is 5.76. The minimum atomic E-state index is -0.268. The molecule has 1 aromatic carbocycles. The van der Waals surface area contributed by atoms with Crippen LogP contribution in [0.15, 0.2) is 24.3 Å². The maximum Gasteiger partial charge on any atom is 0.221 e. The quantitative estimate of drug-likeness (QED) is 0.787. The van der Waals surface area contributed by atoms with Gasteiger partial charge in [0.1, 0.15) is 5.75 Å². The van der Waals surface area contributed by atoms with E-state index in [2.05, 4.69) is 5.32 Å². The number of amides is 1. The number of nitrogens with one attached hydrogen (secondary N) is 1. The summed E-state index contributed by atoms with van der Waals surface area (Å²) in [5.41, 5.74) is 6.83. The molecule has 1 unspecified atom stereocenters. The molecule has 4 heteroatoms. The molecule has 0 bridgehead atoms. The van der Waals surface area contributed by atoms with Crippen LogP contribution >= 0.6 is 0 Å². The van der Waals surface area contributed by atoms with Gasteiger partial charge in [0, 0.05) is 19.5 Å². The standard InChI is InChI=1S/C12H18N2O2/c1-3-16-10-6-4-9(5-7-10)11(13)8-12(15)14-2/h4-7,11H,3,8,13H2,1-2H3,(H,14,15). The van der Waals surface area contributed by atoms with Gasteiger partial charge in [-0.15, -0.1) is 0 Å².